The van der Waals surface area contributed by atoms with Gasteiger partial charge in [0, 0.05) is 27.2 Å². The minimum atomic E-state index is -3.40. The third-order valence-electron chi connectivity index (χ3n) is 4.67. The molecule has 0 aliphatic rings. The predicted octanol–water partition coefficient (Wildman–Crippen LogP) is 2.82. The SMILES string of the molecule is CN=C(NCCS(=O)(=O)NCc1ccccc1)N(C)Cc1ncc(-c2ccccc2)[nH]1.I. The van der Waals surface area contributed by atoms with Gasteiger partial charge in [0.25, 0.3) is 0 Å². The number of aromatic nitrogens is 2. The van der Waals surface area contributed by atoms with E-state index in [2.05, 4.69) is 25.0 Å². The monoisotopic (exact) mass is 568 g/mol. The summed E-state index contributed by atoms with van der Waals surface area (Å²) in [5.41, 5.74) is 2.94. The smallest absolute Gasteiger partial charge is 0.213 e. The average molecular weight is 568 g/mol. The second-order valence-corrected chi connectivity index (χ2v) is 8.99. The number of H-pyrrole nitrogens is 1. The number of sulfonamides is 1. The zero-order valence-corrected chi connectivity index (χ0v) is 21.3. The summed E-state index contributed by atoms with van der Waals surface area (Å²) >= 11 is 0. The first-order chi connectivity index (χ1) is 15.0. The highest BCUT2D eigenvalue weighted by atomic mass is 127. The van der Waals surface area contributed by atoms with Crippen molar-refractivity contribution in [1.29, 1.82) is 0 Å². The average Bonchev–Trinajstić information content (AvgIpc) is 3.25. The Hall–Kier alpha value is -2.44. The highest BCUT2D eigenvalue weighted by Crippen LogP contribution is 2.16. The summed E-state index contributed by atoms with van der Waals surface area (Å²) in [6.07, 6.45) is 1.81. The summed E-state index contributed by atoms with van der Waals surface area (Å²) < 4.78 is 27.1. The van der Waals surface area contributed by atoms with E-state index in [0.717, 1.165) is 22.6 Å². The zero-order valence-electron chi connectivity index (χ0n) is 18.2. The minimum Gasteiger partial charge on any atom is -0.355 e. The van der Waals surface area contributed by atoms with Gasteiger partial charge in [0.15, 0.2) is 5.96 Å². The molecule has 1 heterocycles. The van der Waals surface area contributed by atoms with E-state index in [1.165, 1.54) is 0 Å². The number of rotatable bonds is 9. The maximum Gasteiger partial charge on any atom is 0.213 e. The minimum absolute atomic E-state index is 0. The topological polar surface area (TPSA) is 102 Å². The Kier molecular flexibility index (Phi) is 10.1. The molecular weight excluding hydrogens is 539 g/mol. The third-order valence-corrected chi connectivity index (χ3v) is 5.99. The maximum absolute atomic E-state index is 12.3. The molecule has 3 aromatic rings. The highest BCUT2D eigenvalue weighted by molar-refractivity contribution is 14.0. The summed E-state index contributed by atoms with van der Waals surface area (Å²) in [5, 5.41) is 3.10. The first-order valence-corrected chi connectivity index (χ1v) is 11.6. The second-order valence-electron chi connectivity index (χ2n) is 7.07. The number of nitrogens with one attached hydrogen (secondary N) is 3. The van der Waals surface area contributed by atoms with Gasteiger partial charge in [-0.2, -0.15) is 0 Å². The van der Waals surface area contributed by atoms with Crippen LogP contribution in [-0.4, -0.2) is 55.6 Å². The third kappa shape index (κ3) is 7.92. The van der Waals surface area contributed by atoms with Gasteiger partial charge in [-0.25, -0.2) is 18.1 Å². The van der Waals surface area contributed by atoms with E-state index in [9.17, 15) is 8.42 Å². The normalized spacial score (nSPS) is 11.6. The lowest BCUT2D eigenvalue weighted by molar-refractivity contribution is 0.465. The van der Waals surface area contributed by atoms with Crippen LogP contribution in [0.4, 0.5) is 0 Å². The van der Waals surface area contributed by atoms with E-state index in [4.69, 9.17) is 0 Å². The lowest BCUT2D eigenvalue weighted by Crippen LogP contribution is -2.41. The van der Waals surface area contributed by atoms with Crippen LogP contribution in [0.5, 0.6) is 0 Å². The van der Waals surface area contributed by atoms with Crippen molar-refractivity contribution in [2.75, 3.05) is 26.4 Å². The highest BCUT2D eigenvalue weighted by Gasteiger charge is 2.13. The van der Waals surface area contributed by atoms with Crippen molar-refractivity contribution in [3.05, 3.63) is 78.2 Å². The summed E-state index contributed by atoms with van der Waals surface area (Å²) in [6, 6.07) is 19.4. The fourth-order valence-electron chi connectivity index (χ4n) is 3.05. The molecule has 0 saturated heterocycles. The molecule has 172 valence electrons. The molecule has 1 aromatic heterocycles. The molecule has 3 rings (SSSR count). The van der Waals surface area contributed by atoms with E-state index < -0.39 is 10.0 Å². The molecule has 3 N–H and O–H groups in total. The van der Waals surface area contributed by atoms with Crippen LogP contribution in [0.15, 0.2) is 71.9 Å². The van der Waals surface area contributed by atoms with E-state index in [-0.39, 0.29) is 42.8 Å². The number of benzene rings is 2. The number of hydrogen-bond acceptors (Lipinski definition) is 4. The van der Waals surface area contributed by atoms with Crippen molar-refractivity contribution >= 4 is 40.0 Å². The summed E-state index contributed by atoms with van der Waals surface area (Å²) in [7, 11) is 0.142. The van der Waals surface area contributed by atoms with Gasteiger partial charge < -0.3 is 15.2 Å². The molecule has 0 unspecified atom stereocenters. The molecule has 2 aromatic carbocycles. The number of imidazole rings is 1. The Bertz CT molecular complexity index is 1090. The van der Waals surface area contributed by atoms with Gasteiger partial charge in [-0.15, -0.1) is 24.0 Å². The van der Waals surface area contributed by atoms with Gasteiger partial charge >= 0.3 is 0 Å². The van der Waals surface area contributed by atoms with Crippen molar-refractivity contribution in [3.8, 4) is 11.3 Å². The molecule has 10 heteroatoms. The molecule has 0 fully saturated rings. The first-order valence-electron chi connectivity index (χ1n) is 9.99. The summed E-state index contributed by atoms with van der Waals surface area (Å²) in [6.45, 7) is 1.03. The number of aliphatic imine (C=N–C) groups is 1. The Morgan fingerprint density at radius 3 is 2.41 bits per heavy atom. The van der Waals surface area contributed by atoms with Crippen molar-refractivity contribution < 1.29 is 8.42 Å². The number of halogens is 1. The molecule has 0 amide bonds. The molecule has 0 saturated carbocycles. The Morgan fingerprint density at radius 2 is 1.75 bits per heavy atom. The van der Waals surface area contributed by atoms with Gasteiger partial charge in [0.05, 0.1) is 24.2 Å². The summed E-state index contributed by atoms with van der Waals surface area (Å²) in [4.78, 5) is 13.9. The van der Waals surface area contributed by atoms with Gasteiger partial charge in [0.2, 0.25) is 10.0 Å². The van der Waals surface area contributed by atoms with Crippen molar-refractivity contribution in [3.63, 3.8) is 0 Å². The fraction of sp³-hybridized carbons (Fsp3) is 0.273. The number of aromatic amines is 1. The predicted molar refractivity (Wildman–Crippen MR) is 139 cm³/mol. The largest absolute Gasteiger partial charge is 0.355 e. The van der Waals surface area contributed by atoms with E-state index in [0.29, 0.717) is 12.5 Å². The van der Waals surface area contributed by atoms with Crippen LogP contribution in [0, 0.1) is 0 Å². The lowest BCUT2D eigenvalue weighted by atomic mass is 10.2. The van der Waals surface area contributed by atoms with Crippen LogP contribution >= 0.6 is 24.0 Å². The van der Waals surface area contributed by atoms with E-state index >= 15 is 0 Å². The zero-order chi connectivity index (χ0) is 22.1. The van der Waals surface area contributed by atoms with Crippen LogP contribution in [0.1, 0.15) is 11.4 Å². The fourth-order valence-corrected chi connectivity index (χ4v) is 3.95. The van der Waals surface area contributed by atoms with Crippen LogP contribution in [0.25, 0.3) is 11.3 Å². The molecular formula is C22H29IN6O2S. The molecule has 0 aliphatic carbocycles. The number of nitrogens with zero attached hydrogens (tertiary/aromatic N) is 3. The molecule has 32 heavy (non-hydrogen) atoms. The maximum atomic E-state index is 12.3. The van der Waals surface area contributed by atoms with Crippen molar-refractivity contribution in [2.24, 2.45) is 4.99 Å². The van der Waals surface area contributed by atoms with Gasteiger partial charge in [-0.1, -0.05) is 60.7 Å². The van der Waals surface area contributed by atoms with Gasteiger partial charge in [0.1, 0.15) is 5.82 Å². The standard InChI is InChI=1S/C22H28N6O2S.HI/c1-23-22(24-13-14-31(29,30)26-15-18-9-5-3-6-10-18)28(2)17-21-25-16-20(27-21)19-11-7-4-8-12-19;/h3-12,16,26H,13-15,17H2,1-2H3,(H,23,24)(H,25,27);1H. The molecule has 0 atom stereocenters. The van der Waals surface area contributed by atoms with Crippen LogP contribution in [0.2, 0.25) is 0 Å². The van der Waals surface area contributed by atoms with Crippen molar-refractivity contribution in [1.82, 2.24) is 24.9 Å². The van der Waals surface area contributed by atoms with E-state index in [1.54, 1.807) is 13.2 Å². The number of hydrogen-bond donors (Lipinski definition) is 3. The van der Waals surface area contributed by atoms with Gasteiger partial charge in [-0.05, 0) is 11.1 Å². The van der Waals surface area contributed by atoms with Crippen LogP contribution < -0.4 is 10.0 Å². The molecule has 0 bridgehead atoms. The molecule has 0 spiro atoms. The Balaban J connectivity index is 0.00000363. The Morgan fingerprint density at radius 1 is 1.09 bits per heavy atom. The van der Waals surface area contributed by atoms with Crippen LogP contribution in [0.3, 0.4) is 0 Å². The van der Waals surface area contributed by atoms with E-state index in [1.807, 2.05) is 72.6 Å². The Labute approximate surface area is 206 Å². The molecule has 0 aliphatic heterocycles. The molecule has 8 nitrogen and oxygen atoms in total. The molecule has 0 radical (unpaired) electrons. The van der Waals surface area contributed by atoms with Crippen molar-refractivity contribution in [2.45, 2.75) is 13.1 Å². The first kappa shape index (κ1) is 25.8. The van der Waals surface area contributed by atoms with Gasteiger partial charge in [-0.3, -0.25) is 4.99 Å². The van der Waals surface area contributed by atoms with Crippen LogP contribution in [-0.2, 0) is 23.1 Å². The lowest BCUT2D eigenvalue weighted by Gasteiger charge is -2.21. The quantitative estimate of drug-likeness (QED) is 0.209. The summed E-state index contributed by atoms with van der Waals surface area (Å²) in [5.74, 6) is 1.34. The number of guanidine groups is 1. The second kappa shape index (κ2) is 12.6.